The summed E-state index contributed by atoms with van der Waals surface area (Å²) in [5.41, 5.74) is 4.90. The molecule has 0 saturated carbocycles. The number of hydrogen-bond donors (Lipinski definition) is 3. The number of hydrogen-bond acceptors (Lipinski definition) is 2. The number of carboxylic acid groups (broad SMARTS) is 1. The van der Waals surface area contributed by atoms with Crippen molar-refractivity contribution in [2.45, 2.75) is 19.8 Å². The standard InChI is InChI=1S/C17H16N2O3.Na/c1-10-8-11(6-7-16(20)21)15(18-10)9-13-12-4-2-3-5-14(12)19-17(13)22;/h2-5,8-9,18H,6-7H2,1H3,(H,19,22)(H,20,21);/b13-9-;. The van der Waals surface area contributed by atoms with E-state index >= 15 is 0 Å². The molecule has 1 aromatic carbocycles. The van der Waals surface area contributed by atoms with Gasteiger partial charge < -0.3 is 15.4 Å². The summed E-state index contributed by atoms with van der Waals surface area (Å²) < 4.78 is 0. The van der Waals surface area contributed by atoms with Crippen LogP contribution in [0.4, 0.5) is 5.69 Å². The number of H-pyrrole nitrogens is 1. The average Bonchev–Trinajstić information content (AvgIpc) is 2.98. The fraction of sp³-hybridized carbons (Fsp3) is 0.176. The maximum Gasteiger partial charge on any atom is 0.303 e. The van der Waals surface area contributed by atoms with Crippen molar-refractivity contribution in [1.29, 1.82) is 0 Å². The summed E-state index contributed by atoms with van der Waals surface area (Å²) in [5, 5.41) is 11.7. The zero-order chi connectivity index (χ0) is 15.7. The van der Waals surface area contributed by atoms with Gasteiger partial charge in [0.05, 0.1) is 5.57 Å². The average molecular weight is 319 g/mol. The van der Waals surface area contributed by atoms with Gasteiger partial charge in [-0.05, 0) is 37.1 Å². The largest absolute Gasteiger partial charge is 0.481 e. The molecule has 0 aliphatic carbocycles. The van der Waals surface area contributed by atoms with Crippen LogP contribution in [0.1, 0.15) is 28.9 Å². The Morgan fingerprint density at radius 1 is 1.30 bits per heavy atom. The van der Waals surface area contributed by atoms with E-state index < -0.39 is 5.97 Å². The fourth-order valence-corrected chi connectivity index (χ4v) is 2.67. The predicted molar refractivity (Wildman–Crippen MR) is 90.2 cm³/mol. The van der Waals surface area contributed by atoms with Crippen LogP contribution in [-0.4, -0.2) is 51.5 Å². The number of anilines is 1. The maximum absolute atomic E-state index is 12.1. The van der Waals surface area contributed by atoms with Gasteiger partial charge in [-0.25, -0.2) is 0 Å². The minimum Gasteiger partial charge on any atom is -0.481 e. The van der Waals surface area contributed by atoms with E-state index in [0.29, 0.717) is 12.0 Å². The number of carboxylic acids is 1. The van der Waals surface area contributed by atoms with E-state index in [2.05, 4.69) is 10.3 Å². The number of carbonyl (C=O) groups is 2. The molecule has 0 fully saturated rings. The van der Waals surface area contributed by atoms with Crippen LogP contribution >= 0.6 is 0 Å². The van der Waals surface area contributed by atoms with Crippen LogP contribution in [0, 0.1) is 6.92 Å². The number of carbonyl (C=O) groups excluding carboxylic acids is 1. The summed E-state index contributed by atoms with van der Waals surface area (Å²) in [5.74, 6) is -0.973. The number of aryl methyl sites for hydroxylation is 2. The van der Waals surface area contributed by atoms with Crippen molar-refractivity contribution in [2.75, 3.05) is 5.32 Å². The summed E-state index contributed by atoms with van der Waals surface area (Å²) in [6.45, 7) is 1.91. The van der Waals surface area contributed by atoms with Gasteiger partial charge in [0.2, 0.25) is 0 Å². The molecule has 113 valence electrons. The molecule has 1 aromatic heterocycles. The third-order valence-electron chi connectivity index (χ3n) is 3.68. The molecule has 2 heterocycles. The molecular formula is C17H16N2NaO3. The van der Waals surface area contributed by atoms with Crippen molar-refractivity contribution in [1.82, 2.24) is 4.98 Å². The van der Waals surface area contributed by atoms with Crippen molar-refractivity contribution in [3.63, 3.8) is 0 Å². The molecule has 1 aliphatic rings. The third kappa shape index (κ3) is 3.75. The Bertz CT molecular complexity index is 793. The van der Waals surface area contributed by atoms with Gasteiger partial charge in [0, 0.05) is 58.6 Å². The maximum atomic E-state index is 12.1. The van der Waals surface area contributed by atoms with Crippen molar-refractivity contribution in [2.24, 2.45) is 0 Å². The van der Waals surface area contributed by atoms with Gasteiger partial charge in [0.15, 0.2) is 0 Å². The SMILES string of the molecule is Cc1cc(CCC(=O)O)c(/C=C2\C(=O)Nc3ccccc32)[nH]1.[Na]. The van der Waals surface area contributed by atoms with Crippen LogP contribution in [0.3, 0.4) is 0 Å². The van der Waals surface area contributed by atoms with Gasteiger partial charge >= 0.3 is 5.97 Å². The van der Waals surface area contributed by atoms with Gasteiger partial charge in [-0.1, -0.05) is 18.2 Å². The van der Waals surface area contributed by atoms with E-state index in [0.717, 1.165) is 28.2 Å². The van der Waals surface area contributed by atoms with Crippen LogP contribution in [0.5, 0.6) is 0 Å². The molecule has 0 saturated heterocycles. The number of nitrogens with one attached hydrogen (secondary N) is 2. The van der Waals surface area contributed by atoms with E-state index in [1.807, 2.05) is 37.3 Å². The molecule has 0 unspecified atom stereocenters. The van der Waals surface area contributed by atoms with Crippen molar-refractivity contribution < 1.29 is 14.7 Å². The number of benzene rings is 1. The number of rotatable bonds is 4. The monoisotopic (exact) mass is 319 g/mol. The Kier molecular flexibility index (Phi) is 5.46. The molecule has 2 aromatic rings. The van der Waals surface area contributed by atoms with Gasteiger partial charge in [0.1, 0.15) is 0 Å². The Hall–Kier alpha value is -1.82. The van der Waals surface area contributed by atoms with Crippen LogP contribution in [0.25, 0.3) is 11.6 Å². The topological polar surface area (TPSA) is 82.2 Å². The Balaban J connectivity index is 0.00000192. The van der Waals surface area contributed by atoms with Crippen molar-refractivity contribution in [3.8, 4) is 0 Å². The first-order chi connectivity index (χ1) is 10.5. The van der Waals surface area contributed by atoms with Crippen molar-refractivity contribution in [3.05, 3.63) is 52.8 Å². The minimum absolute atomic E-state index is 0. The second-order valence-corrected chi connectivity index (χ2v) is 5.34. The van der Waals surface area contributed by atoms with Crippen LogP contribution in [-0.2, 0) is 16.0 Å². The van der Waals surface area contributed by atoms with E-state index in [1.165, 1.54) is 0 Å². The van der Waals surface area contributed by atoms with Gasteiger partial charge in [-0.2, -0.15) is 0 Å². The first kappa shape index (κ1) is 17.5. The number of amides is 1. The molecule has 5 nitrogen and oxygen atoms in total. The normalized spacial score (nSPS) is 14.3. The van der Waals surface area contributed by atoms with Crippen LogP contribution in [0.15, 0.2) is 30.3 Å². The molecule has 0 bridgehead atoms. The molecule has 3 rings (SSSR count). The smallest absolute Gasteiger partial charge is 0.303 e. The zero-order valence-corrected chi connectivity index (χ0v) is 15.1. The number of aliphatic carboxylic acids is 1. The Labute approximate surface area is 156 Å². The number of aromatic amines is 1. The van der Waals surface area contributed by atoms with E-state index in [-0.39, 0.29) is 41.9 Å². The number of para-hydroxylation sites is 1. The molecule has 0 spiro atoms. The van der Waals surface area contributed by atoms with E-state index in [4.69, 9.17) is 5.11 Å². The predicted octanol–water partition coefficient (Wildman–Crippen LogP) is 2.45. The van der Waals surface area contributed by atoms with Crippen LogP contribution in [0.2, 0.25) is 0 Å². The summed E-state index contributed by atoms with van der Waals surface area (Å²) >= 11 is 0. The Morgan fingerprint density at radius 3 is 2.78 bits per heavy atom. The van der Waals surface area contributed by atoms with E-state index in [1.54, 1.807) is 6.08 Å². The molecule has 0 atom stereocenters. The molecule has 1 amide bonds. The summed E-state index contributed by atoms with van der Waals surface area (Å²) in [6, 6.07) is 9.44. The Morgan fingerprint density at radius 2 is 2.04 bits per heavy atom. The molecular weight excluding hydrogens is 303 g/mol. The quantitative estimate of drug-likeness (QED) is 0.598. The first-order valence-corrected chi connectivity index (χ1v) is 7.07. The van der Waals surface area contributed by atoms with Crippen molar-refractivity contribution >= 4 is 58.8 Å². The molecule has 3 N–H and O–H groups in total. The molecule has 6 heteroatoms. The van der Waals surface area contributed by atoms with E-state index in [9.17, 15) is 9.59 Å². The summed E-state index contributed by atoms with van der Waals surface area (Å²) in [4.78, 5) is 26.1. The molecule has 1 radical (unpaired) electrons. The second-order valence-electron chi connectivity index (χ2n) is 5.34. The minimum atomic E-state index is -0.832. The van der Waals surface area contributed by atoms with Gasteiger partial charge in [-0.15, -0.1) is 0 Å². The first-order valence-electron chi connectivity index (χ1n) is 7.07. The third-order valence-corrected chi connectivity index (χ3v) is 3.68. The zero-order valence-electron chi connectivity index (χ0n) is 13.1. The van der Waals surface area contributed by atoms with Gasteiger partial charge in [-0.3, -0.25) is 9.59 Å². The summed E-state index contributed by atoms with van der Waals surface area (Å²) in [7, 11) is 0. The molecule has 23 heavy (non-hydrogen) atoms. The fourth-order valence-electron chi connectivity index (χ4n) is 2.67. The summed E-state index contributed by atoms with van der Waals surface area (Å²) in [6.07, 6.45) is 2.30. The van der Waals surface area contributed by atoms with Gasteiger partial charge in [0.25, 0.3) is 5.91 Å². The number of aromatic nitrogens is 1. The number of fused-ring (bicyclic) bond motifs is 1. The van der Waals surface area contributed by atoms with Crippen LogP contribution < -0.4 is 5.32 Å². The molecule has 1 aliphatic heterocycles. The second kappa shape index (κ2) is 7.17.